The van der Waals surface area contributed by atoms with Crippen molar-refractivity contribution < 1.29 is 24.6 Å². The minimum Gasteiger partial charge on any atom is -0.394 e. The van der Waals surface area contributed by atoms with Crippen molar-refractivity contribution in [3.05, 3.63) is 12.2 Å². The number of hydrogen-bond acceptors (Lipinski definition) is 3. The van der Waals surface area contributed by atoms with Crippen LogP contribution in [0.5, 0.6) is 0 Å². The first-order valence-corrected chi connectivity index (χ1v) is 20.0. The van der Waals surface area contributed by atoms with E-state index in [-0.39, 0.29) is 18.9 Å². The normalized spacial score (nSPS) is 16.2. The molecule has 0 fully saturated rings. The van der Waals surface area contributed by atoms with Crippen LogP contribution in [0.15, 0.2) is 12.2 Å². The van der Waals surface area contributed by atoms with Crippen molar-refractivity contribution in [3.63, 3.8) is 0 Å². The highest BCUT2D eigenvalue weighted by Crippen LogP contribution is 2.16. The summed E-state index contributed by atoms with van der Waals surface area (Å²) < 4.78 is 52.9. The van der Waals surface area contributed by atoms with Gasteiger partial charge in [0.25, 0.3) is 0 Å². The zero-order valence-electron chi connectivity index (χ0n) is 37.4. The number of unbranched alkanes of at least 4 members (excludes halogenated alkanes) is 28. The Labute approximate surface area is 298 Å². The molecule has 0 aromatic rings. The predicted molar refractivity (Wildman–Crippen MR) is 202 cm³/mol. The van der Waals surface area contributed by atoms with Gasteiger partial charge in [-0.05, 0) is 19.3 Å². The van der Waals surface area contributed by atoms with E-state index in [1.807, 2.05) is 6.08 Å². The molecule has 0 heterocycles. The molecule has 46 heavy (non-hydrogen) atoms. The molecular weight excluding hydrogens is 566 g/mol. The van der Waals surface area contributed by atoms with Crippen molar-refractivity contribution in [1.29, 1.82) is 0 Å². The molecule has 0 aliphatic heterocycles. The van der Waals surface area contributed by atoms with Gasteiger partial charge in [0.15, 0.2) is 0 Å². The van der Waals surface area contributed by atoms with Crippen molar-refractivity contribution in [3.8, 4) is 0 Å². The van der Waals surface area contributed by atoms with Crippen LogP contribution in [0.4, 0.5) is 0 Å². The van der Waals surface area contributed by atoms with Gasteiger partial charge >= 0.3 is 0 Å². The number of aliphatic hydroxyl groups excluding tert-OH is 2. The Morgan fingerprint density at radius 1 is 0.630 bits per heavy atom. The molecule has 0 rings (SSSR count). The number of carbonyl (C=O) groups is 1. The van der Waals surface area contributed by atoms with E-state index in [0.29, 0.717) is 12.8 Å². The first kappa shape index (κ1) is 33.6. The number of rotatable bonds is 38. The summed E-state index contributed by atoms with van der Waals surface area (Å²) in [4.78, 5) is 12.4. The molecule has 274 valence electrons. The molecule has 0 spiro atoms. The maximum Gasteiger partial charge on any atom is 0.220 e. The fraction of sp³-hybridized carbons (Fsp3) is 0.929. The largest absolute Gasteiger partial charge is 0.394 e. The van der Waals surface area contributed by atoms with Crippen molar-refractivity contribution in [2.45, 2.75) is 244 Å². The third-order valence-corrected chi connectivity index (χ3v) is 9.31. The van der Waals surface area contributed by atoms with E-state index in [4.69, 9.17) is 9.60 Å². The molecule has 4 nitrogen and oxygen atoms in total. The average Bonchev–Trinajstić information content (AvgIpc) is 3.10. The van der Waals surface area contributed by atoms with Gasteiger partial charge in [0.2, 0.25) is 5.91 Å². The van der Waals surface area contributed by atoms with Gasteiger partial charge in [0, 0.05) is 16.0 Å². The lowest BCUT2D eigenvalue weighted by atomic mass is 10.0. The van der Waals surface area contributed by atoms with Crippen LogP contribution in [0.2, 0.25) is 0 Å². The summed E-state index contributed by atoms with van der Waals surface area (Å²) >= 11 is 0. The number of aliphatic hydroxyl groups is 2. The van der Waals surface area contributed by atoms with Gasteiger partial charge in [0.1, 0.15) is 0 Å². The lowest BCUT2D eigenvalue weighted by Gasteiger charge is -2.20. The Morgan fingerprint density at radius 2 is 1.02 bits per heavy atom. The van der Waals surface area contributed by atoms with Gasteiger partial charge in [-0.15, -0.1) is 0 Å². The highest BCUT2D eigenvalue weighted by molar-refractivity contribution is 5.76. The molecule has 0 aliphatic carbocycles. The maximum atomic E-state index is 12.4. The molecule has 0 saturated carbocycles. The number of allylic oxidation sites excluding steroid dienone is 1. The van der Waals surface area contributed by atoms with Crippen LogP contribution >= 0.6 is 0 Å². The Kier molecular flexibility index (Phi) is 28.2. The fourth-order valence-corrected chi connectivity index (χ4v) is 6.20. The summed E-state index contributed by atoms with van der Waals surface area (Å²) in [7, 11) is 0. The first-order chi connectivity index (χ1) is 25.3. The van der Waals surface area contributed by atoms with E-state index in [2.05, 4.69) is 12.2 Å². The standard InChI is InChI=1S/C42H83NO3/c1-3-5-7-9-11-13-15-17-18-19-20-21-22-23-24-26-28-30-32-34-36-38-42(46)43-40(39-44)41(45)37-35-33-31-29-27-25-16-14-12-10-8-6-4-2/h35,37,40-41,44-45H,3-34,36,38-39H2,1-2H3,(H,43,46)/b37-35+/t40-,41+/m0/s1/i2D3,4D2,6D2. The molecule has 0 unspecified atom stereocenters. The van der Waals surface area contributed by atoms with Crippen molar-refractivity contribution in [2.24, 2.45) is 0 Å². The van der Waals surface area contributed by atoms with Gasteiger partial charge in [-0.2, -0.15) is 0 Å². The molecule has 0 aromatic carbocycles. The zero-order valence-corrected chi connectivity index (χ0v) is 30.4. The predicted octanol–water partition coefficient (Wildman–Crippen LogP) is 12.7. The molecular formula is C42H83NO3. The molecule has 1 amide bonds. The van der Waals surface area contributed by atoms with Crippen LogP contribution < -0.4 is 5.32 Å². The third-order valence-electron chi connectivity index (χ3n) is 9.31. The Balaban J connectivity index is 3.68. The monoisotopic (exact) mass is 657 g/mol. The summed E-state index contributed by atoms with van der Waals surface area (Å²) in [5, 5.41) is 22.9. The van der Waals surface area contributed by atoms with E-state index in [1.165, 1.54) is 116 Å². The molecule has 0 radical (unpaired) electrons. The highest BCUT2D eigenvalue weighted by Gasteiger charge is 2.17. The lowest BCUT2D eigenvalue weighted by molar-refractivity contribution is -0.123. The van der Waals surface area contributed by atoms with Crippen molar-refractivity contribution >= 4 is 5.91 Å². The van der Waals surface area contributed by atoms with Crippen LogP contribution in [0, 0.1) is 0 Å². The summed E-state index contributed by atoms with van der Waals surface area (Å²) in [6.45, 7) is -1.01. The molecule has 4 heteroatoms. The lowest BCUT2D eigenvalue weighted by Crippen LogP contribution is -2.45. The molecule has 0 aromatic heterocycles. The molecule has 3 N–H and O–H groups in total. The summed E-state index contributed by atoms with van der Waals surface area (Å²) in [6.07, 6.45) is 33.7. The van der Waals surface area contributed by atoms with Crippen molar-refractivity contribution in [1.82, 2.24) is 5.32 Å². The Morgan fingerprint density at radius 3 is 1.43 bits per heavy atom. The van der Waals surface area contributed by atoms with E-state index < -0.39 is 31.7 Å². The number of hydrogen-bond donors (Lipinski definition) is 3. The number of nitrogens with one attached hydrogen (secondary N) is 1. The van der Waals surface area contributed by atoms with Gasteiger partial charge < -0.3 is 15.5 Å². The second-order valence-corrected chi connectivity index (χ2v) is 13.8. The Hall–Kier alpha value is -0.870. The maximum absolute atomic E-state index is 12.4. The minimum atomic E-state index is -2.98. The zero-order chi connectivity index (χ0) is 39.7. The number of carbonyl (C=O) groups excluding carboxylic acids is 1. The molecule has 0 saturated heterocycles. The van der Waals surface area contributed by atoms with Crippen LogP contribution in [0.1, 0.15) is 242 Å². The van der Waals surface area contributed by atoms with Crippen LogP contribution in [0.25, 0.3) is 0 Å². The molecule has 0 bridgehead atoms. The third kappa shape index (κ3) is 34.5. The summed E-state index contributed by atoms with van der Waals surface area (Å²) in [5.41, 5.74) is 0. The molecule has 0 aliphatic rings. The van der Waals surface area contributed by atoms with Gasteiger partial charge in [-0.1, -0.05) is 218 Å². The van der Waals surface area contributed by atoms with E-state index >= 15 is 0 Å². The second kappa shape index (κ2) is 38.6. The van der Waals surface area contributed by atoms with E-state index in [0.717, 1.165) is 70.6 Å². The summed E-state index contributed by atoms with van der Waals surface area (Å²) in [5.74, 6) is -0.121. The van der Waals surface area contributed by atoms with Crippen LogP contribution in [-0.4, -0.2) is 34.9 Å². The van der Waals surface area contributed by atoms with Crippen LogP contribution in [-0.2, 0) is 4.79 Å². The second-order valence-electron chi connectivity index (χ2n) is 13.8. The van der Waals surface area contributed by atoms with Gasteiger partial charge in [-0.3, -0.25) is 4.79 Å². The summed E-state index contributed by atoms with van der Waals surface area (Å²) in [6, 6.07) is -0.698. The van der Waals surface area contributed by atoms with Crippen LogP contribution in [0.3, 0.4) is 0 Å². The fourth-order valence-electron chi connectivity index (χ4n) is 6.20. The minimum absolute atomic E-state index is 0.100. The van der Waals surface area contributed by atoms with E-state index in [9.17, 15) is 15.0 Å². The SMILES string of the molecule is [2H]C([2H])([2H])C([2H])([2H])C([2H])([2H])CCCCCCCCCC/C=C/[C@@H](O)[C@H](CO)NC(=O)CCCCCCCCCCCCCCCCCCCCCCC. The Bertz CT molecular complexity index is 870. The topological polar surface area (TPSA) is 69.6 Å². The average molecular weight is 657 g/mol. The first-order valence-electron chi connectivity index (χ1n) is 23.5. The smallest absolute Gasteiger partial charge is 0.220 e. The van der Waals surface area contributed by atoms with Gasteiger partial charge in [0.05, 0.1) is 18.8 Å². The quantitative estimate of drug-likeness (QED) is 0.0457. The van der Waals surface area contributed by atoms with Crippen molar-refractivity contribution in [2.75, 3.05) is 6.61 Å². The van der Waals surface area contributed by atoms with Gasteiger partial charge in [-0.25, -0.2) is 0 Å². The highest BCUT2D eigenvalue weighted by atomic mass is 16.3. The number of amides is 1. The van der Waals surface area contributed by atoms with E-state index in [1.54, 1.807) is 6.08 Å². The molecule has 2 atom stereocenters.